The third-order valence-electron chi connectivity index (χ3n) is 2.93. The summed E-state index contributed by atoms with van der Waals surface area (Å²) in [5, 5.41) is 13.3. The van der Waals surface area contributed by atoms with Crippen molar-refractivity contribution in [2.75, 3.05) is 5.73 Å². The molecule has 5 heteroatoms. The van der Waals surface area contributed by atoms with Crippen LogP contribution in [0.3, 0.4) is 0 Å². The average Bonchev–Trinajstić information content (AvgIpc) is 2.77. The number of aromatic carboxylic acids is 1. The third-order valence-corrected chi connectivity index (χ3v) is 2.93. The molecule has 19 heavy (non-hydrogen) atoms. The summed E-state index contributed by atoms with van der Waals surface area (Å²) in [6.45, 7) is 2.13. The lowest BCUT2D eigenvalue weighted by molar-refractivity contribution is 0.0697. The standard InChI is InChI=1S/C14H17N3O2/c1-2-3-4-11-9-13(15)17(16-11)12-7-5-10(6-8-12)14(18)19/h5-9H,2-4,15H2,1H3,(H,18,19). The van der Waals surface area contributed by atoms with Crippen LogP contribution in [-0.2, 0) is 6.42 Å². The summed E-state index contributed by atoms with van der Waals surface area (Å²) in [7, 11) is 0. The highest BCUT2D eigenvalue weighted by Crippen LogP contribution is 2.16. The molecular formula is C14H17N3O2. The number of unbranched alkanes of at least 4 members (excludes halogenated alkanes) is 1. The number of carboxylic acids is 1. The molecular weight excluding hydrogens is 242 g/mol. The quantitative estimate of drug-likeness (QED) is 0.864. The Bertz CT molecular complexity index is 573. The largest absolute Gasteiger partial charge is 0.478 e. The van der Waals surface area contributed by atoms with Gasteiger partial charge in [-0.25, -0.2) is 9.48 Å². The first-order valence-electron chi connectivity index (χ1n) is 6.30. The van der Waals surface area contributed by atoms with Crippen molar-refractivity contribution in [3.05, 3.63) is 41.6 Å². The van der Waals surface area contributed by atoms with E-state index in [1.807, 2.05) is 6.07 Å². The summed E-state index contributed by atoms with van der Waals surface area (Å²) in [6, 6.07) is 8.36. The van der Waals surface area contributed by atoms with Crippen molar-refractivity contribution in [1.82, 2.24) is 9.78 Å². The molecule has 1 aromatic heterocycles. The molecule has 0 bridgehead atoms. The number of hydrogen-bond donors (Lipinski definition) is 2. The van der Waals surface area contributed by atoms with E-state index >= 15 is 0 Å². The minimum Gasteiger partial charge on any atom is -0.478 e. The first-order valence-corrected chi connectivity index (χ1v) is 6.30. The predicted octanol–water partition coefficient (Wildman–Crippen LogP) is 2.50. The van der Waals surface area contributed by atoms with Gasteiger partial charge in [0.1, 0.15) is 5.82 Å². The number of hydrogen-bond acceptors (Lipinski definition) is 3. The number of benzene rings is 1. The smallest absolute Gasteiger partial charge is 0.335 e. The molecule has 2 rings (SSSR count). The van der Waals surface area contributed by atoms with Crippen molar-refractivity contribution < 1.29 is 9.90 Å². The van der Waals surface area contributed by atoms with Crippen molar-refractivity contribution in [1.29, 1.82) is 0 Å². The van der Waals surface area contributed by atoms with Gasteiger partial charge in [-0.05, 0) is 37.1 Å². The van der Waals surface area contributed by atoms with Gasteiger partial charge >= 0.3 is 5.97 Å². The van der Waals surface area contributed by atoms with Gasteiger partial charge in [-0.1, -0.05) is 13.3 Å². The number of rotatable bonds is 5. The fourth-order valence-electron chi connectivity index (χ4n) is 1.88. The highest BCUT2D eigenvalue weighted by atomic mass is 16.4. The number of nitrogens with zero attached hydrogens (tertiary/aromatic N) is 2. The molecule has 2 aromatic rings. The Hall–Kier alpha value is -2.30. The van der Waals surface area contributed by atoms with Crippen molar-refractivity contribution in [2.45, 2.75) is 26.2 Å². The molecule has 0 spiro atoms. The molecule has 0 aliphatic carbocycles. The van der Waals surface area contributed by atoms with Crippen LogP contribution in [0.15, 0.2) is 30.3 Å². The fraction of sp³-hybridized carbons (Fsp3) is 0.286. The van der Waals surface area contributed by atoms with Gasteiger partial charge in [0.25, 0.3) is 0 Å². The predicted molar refractivity (Wildman–Crippen MR) is 73.5 cm³/mol. The van der Waals surface area contributed by atoms with Gasteiger partial charge in [0.2, 0.25) is 0 Å². The number of nitrogens with two attached hydrogens (primary N) is 1. The van der Waals surface area contributed by atoms with E-state index in [2.05, 4.69) is 12.0 Å². The van der Waals surface area contributed by atoms with Crippen molar-refractivity contribution >= 4 is 11.8 Å². The maximum atomic E-state index is 10.8. The van der Waals surface area contributed by atoms with Crippen molar-refractivity contribution in [3.63, 3.8) is 0 Å². The van der Waals surface area contributed by atoms with Crippen LogP contribution >= 0.6 is 0 Å². The minimum absolute atomic E-state index is 0.251. The topological polar surface area (TPSA) is 81.1 Å². The molecule has 1 aromatic carbocycles. The van der Waals surface area contributed by atoms with Crippen molar-refractivity contribution in [3.8, 4) is 5.69 Å². The van der Waals surface area contributed by atoms with Gasteiger partial charge in [-0.15, -0.1) is 0 Å². The average molecular weight is 259 g/mol. The van der Waals surface area contributed by atoms with E-state index in [1.165, 1.54) is 0 Å². The Morgan fingerprint density at radius 3 is 2.63 bits per heavy atom. The van der Waals surface area contributed by atoms with Crippen LogP contribution in [0.4, 0.5) is 5.82 Å². The Morgan fingerprint density at radius 2 is 2.05 bits per heavy atom. The number of aromatic nitrogens is 2. The van der Waals surface area contributed by atoms with E-state index in [4.69, 9.17) is 10.8 Å². The molecule has 100 valence electrons. The summed E-state index contributed by atoms with van der Waals surface area (Å²) in [5.41, 5.74) is 7.91. The lowest BCUT2D eigenvalue weighted by Crippen LogP contribution is -2.03. The molecule has 0 saturated heterocycles. The number of anilines is 1. The zero-order chi connectivity index (χ0) is 13.8. The number of aryl methyl sites for hydroxylation is 1. The van der Waals surface area contributed by atoms with Gasteiger partial charge in [0.15, 0.2) is 0 Å². The highest BCUT2D eigenvalue weighted by molar-refractivity contribution is 5.87. The molecule has 0 fully saturated rings. The maximum absolute atomic E-state index is 10.8. The summed E-state index contributed by atoms with van der Waals surface area (Å²) >= 11 is 0. The molecule has 0 aliphatic heterocycles. The number of nitrogen functional groups attached to an aromatic ring is 1. The zero-order valence-electron chi connectivity index (χ0n) is 10.8. The van der Waals surface area contributed by atoms with Crippen LogP contribution in [0.2, 0.25) is 0 Å². The summed E-state index contributed by atoms with van der Waals surface area (Å²) in [5.74, 6) is -0.377. The van der Waals surface area contributed by atoms with E-state index in [9.17, 15) is 4.79 Å². The molecule has 0 aliphatic rings. The molecule has 3 N–H and O–H groups in total. The molecule has 1 heterocycles. The van der Waals surface area contributed by atoms with Crippen LogP contribution in [0, 0.1) is 0 Å². The van der Waals surface area contributed by atoms with E-state index in [0.29, 0.717) is 5.82 Å². The van der Waals surface area contributed by atoms with Crippen LogP contribution < -0.4 is 5.73 Å². The Balaban J connectivity index is 2.25. The highest BCUT2D eigenvalue weighted by Gasteiger charge is 2.08. The monoisotopic (exact) mass is 259 g/mol. The molecule has 5 nitrogen and oxygen atoms in total. The third kappa shape index (κ3) is 2.93. The van der Waals surface area contributed by atoms with Gasteiger partial charge < -0.3 is 10.8 Å². The van der Waals surface area contributed by atoms with Gasteiger partial charge in [-0.3, -0.25) is 0 Å². The molecule has 0 radical (unpaired) electrons. The number of carboxylic acid groups (broad SMARTS) is 1. The summed E-state index contributed by atoms with van der Waals surface area (Å²) in [6.07, 6.45) is 3.09. The second kappa shape index (κ2) is 5.56. The first-order chi connectivity index (χ1) is 9.11. The molecule has 0 saturated carbocycles. The second-order valence-electron chi connectivity index (χ2n) is 4.43. The zero-order valence-corrected chi connectivity index (χ0v) is 10.8. The van der Waals surface area contributed by atoms with Crippen LogP contribution in [-0.4, -0.2) is 20.9 Å². The maximum Gasteiger partial charge on any atom is 0.335 e. The first kappa shape index (κ1) is 13.1. The van der Waals surface area contributed by atoms with E-state index in [-0.39, 0.29) is 5.56 Å². The lowest BCUT2D eigenvalue weighted by Gasteiger charge is -2.04. The van der Waals surface area contributed by atoms with Crippen LogP contribution in [0.25, 0.3) is 5.69 Å². The Labute approximate surface area is 111 Å². The summed E-state index contributed by atoms with van der Waals surface area (Å²) < 4.78 is 1.64. The Morgan fingerprint density at radius 1 is 1.37 bits per heavy atom. The van der Waals surface area contributed by atoms with E-state index in [0.717, 1.165) is 30.6 Å². The fourth-order valence-corrected chi connectivity index (χ4v) is 1.88. The van der Waals surface area contributed by atoms with Crippen LogP contribution in [0.1, 0.15) is 35.8 Å². The second-order valence-corrected chi connectivity index (χ2v) is 4.43. The van der Waals surface area contributed by atoms with Gasteiger partial charge in [0, 0.05) is 6.07 Å². The molecule has 0 amide bonds. The minimum atomic E-state index is -0.941. The molecule has 0 unspecified atom stereocenters. The van der Waals surface area contributed by atoms with E-state index < -0.39 is 5.97 Å². The molecule has 0 atom stereocenters. The van der Waals surface area contributed by atoms with Gasteiger partial charge in [0.05, 0.1) is 16.9 Å². The SMILES string of the molecule is CCCCc1cc(N)n(-c2ccc(C(=O)O)cc2)n1. The normalized spacial score (nSPS) is 10.6. The van der Waals surface area contributed by atoms with Crippen LogP contribution in [0.5, 0.6) is 0 Å². The lowest BCUT2D eigenvalue weighted by atomic mass is 10.2. The van der Waals surface area contributed by atoms with Crippen molar-refractivity contribution in [2.24, 2.45) is 0 Å². The summed E-state index contributed by atoms with van der Waals surface area (Å²) in [4.78, 5) is 10.8. The van der Waals surface area contributed by atoms with Gasteiger partial charge in [-0.2, -0.15) is 5.10 Å². The van der Waals surface area contributed by atoms with E-state index in [1.54, 1.807) is 28.9 Å². The Kier molecular flexibility index (Phi) is 3.85. The number of carbonyl (C=O) groups is 1.